The molecule has 1 saturated heterocycles. The molecule has 4 rings (SSSR count). The molecule has 0 bridgehead atoms. The number of aliphatic hydroxyl groups excluding tert-OH is 1. The fourth-order valence-electron chi connectivity index (χ4n) is 4.08. The zero-order valence-electron chi connectivity index (χ0n) is 18.2. The Kier molecular flexibility index (Phi) is 5.77. The lowest BCUT2D eigenvalue weighted by Crippen LogP contribution is -2.29. The van der Waals surface area contributed by atoms with Gasteiger partial charge in [0.25, 0.3) is 11.7 Å². The van der Waals surface area contributed by atoms with Crippen LogP contribution < -0.4 is 4.74 Å². The fourth-order valence-corrected chi connectivity index (χ4v) is 4.08. The van der Waals surface area contributed by atoms with Gasteiger partial charge >= 0.3 is 0 Å². The van der Waals surface area contributed by atoms with E-state index in [9.17, 15) is 14.7 Å². The van der Waals surface area contributed by atoms with E-state index in [-0.39, 0.29) is 17.9 Å². The Hall–Kier alpha value is -3.93. The molecule has 1 unspecified atom stereocenters. The number of rotatable bonds is 5. The lowest BCUT2D eigenvalue weighted by molar-refractivity contribution is -0.140. The molecule has 1 aliphatic heterocycles. The summed E-state index contributed by atoms with van der Waals surface area (Å²) in [4.78, 5) is 32.0. The standard InChI is InChI=1S/C26H24N2O4/c1-16-10-11-17(2)20(13-16)24(29)22-23(18-8-6-12-27-14-18)28(26(31)25(22)30)15-19-7-4-5-9-21(19)32-3/h4-14,23,29H,15H2,1-3H3/b24-22+. The summed E-state index contributed by atoms with van der Waals surface area (Å²) in [5, 5.41) is 11.3. The number of benzene rings is 2. The minimum Gasteiger partial charge on any atom is -0.507 e. The number of amides is 1. The Morgan fingerprint density at radius 3 is 2.59 bits per heavy atom. The van der Waals surface area contributed by atoms with Crippen LogP contribution in [-0.4, -0.2) is 33.8 Å². The summed E-state index contributed by atoms with van der Waals surface area (Å²) in [5.41, 5.74) is 3.76. The van der Waals surface area contributed by atoms with E-state index in [1.807, 2.05) is 50.2 Å². The third-order valence-electron chi connectivity index (χ3n) is 5.72. The second-order valence-corrected chi connectivity index (χ2v) is 7.84. The van der Waals surface area contributed by atoms with Crippen molar-refractivity contribution in [2.45, 2.75) is 26.4 Å². The van der Waals surface area contributed by atoms with Crippen LogP contribution in [0.4, 0.5) is 0 Å². The number of pyridine rings is 1. The van der Waals surface area contributed by atoms with Crippen LogP contribution in [0.3, 0.4) is 0 Å². The molecule has 1 aromatic heterocycles. The minimum atomic E-state index is -0.770. The smallest absolute Gasteiger partial charge is 0.295 e. The Balaban J connectivity index is 1.89. The number of aryl methyl sites for hydroxylation is 2. The van der Waals surface area contributed by atoms with E-state index >= 15 is 0 Å². The molecule has 32 heavy (non-hydrogen) atoms. The van der Waals surface area contributed by atoms with Gasteiger partial charge in [-0.2, -0.15) is 0 Å². The predicted octanol–water partition coefficient (Wildman–Crippen LogP) is 4.33. The number of ether oxygens (including phenoxy) is 1. The molecule has 0 radical (unpaired) electrons. The van der Waals surface area contributed by atoms with Crippen molar-refractivity contribution >= 4 is 17.4 Å². The summed E-state index contributed by atoms with van der Waals surface area (Å²) < 4.78 is 5.43. The molecule has 1 fully saturated rings. The van der Waals surface area contributed by atoms with E-state index in [0.29, 0.717) is 16.9 Å². The second-order valence-electron chi connectivity index (χ2n) is 7.84. The first-order chi connectivity index (χ1) is 15.4. The van der Waals surface area contributed by atoms with Gasteiger partial charge in [-0.05, 0) is 43.2 Å². The van der Waals surface area contributed by atoms with Crippen molar-refractivity contribution in [1.82, 2.24) is 9.88 Å². The number of aliphatic hydroxyl groups is 1. The van der Waals surface area contributed by atoms with E-state index in [1.165, 1.54) is 4.90 Å². The maximum atomic E-state index is 13.2. The number of carbonyl (C=O) groups is 2. The SMILES string of the molecule is COc1ccccc1CN1C(=O)C(=O)/C(=C(/O)c2cc(C)ccc2C)C1c1cccnc1. The zero-order chi connectivity index (χ0) is 22.8. The van der Waals surface area contributed by atoms with Crippen LogP contribution in [0.15, 0.2) is 72.6 Å². The van der Waals surface area contributed by atoms with Crippen LogP contribution in [0.2, 0.25) is 0 Å². The summed E-state index contributed by atoms with van der Waals surface area (Å²) in [6, 6.07) is 15.8. The first kappa shape index (κ1) is 21.3. The van der Waals surface area contributed by atoms with E-state index < -0.39 is 17.7 Å². The number of methoxy groups -OCH3 is 1. The molecule has 3 aromatic rings. The van der Waals surface area contributed by atoms with Gasteiger partial charge in [0, 0.05) is 23.5 Å². The quantitative estimate of drug-likeness (QED) is 0.372. The first-order valence-corrected chi connectivity index (χ1v) is 10.3. The lowest BCUT2D eigenvalue weighted by atomic mass is 9.94. The maximum Gasteiger partial charge on any atom is 0.295 e. The van der Waals surface area contributed by atoms with Crippen LogP contribution in [0.5, 0.6) is 5.75 Å². The van der Waals surface area contributed by atoms with Gasteiger partial charge in [0.05, 0.1) is 25.3 Å². The van der Waals surface area contributed by atoms with Gasteiger partial charge in [0.1, 0.15) is 11.5 Å². The number of hydrogen-bond donors (Lipinski definition) is 1. The highest BCUT2D eigenvalue weighted by Crippen LogP contribution is 2.41. The Bertz CT molecular complexity index is 1220. The molecule has 0 spiro atoms. The monoisotopic (exact) mass is 428 g/mol. The number of ketones is 1. The van der Waals surface area contributed by atoms with Gasteiger partial charge in [-0.1, -0.05) is 42.0 Å². The third-order valence-corrected chi connectivity index (χ3v) is 5.72. The zero-order valence-corrected chi connectivity index (χ0v) is 18.2. The molecule has 2 heterocycles. The van der Waals surface area contributed by atoms with Crippen molar-refractivity contribution in [2.75, 3.05) is 7.11 Å². The molecule has 162 valence electrons. The van der Waals surface area contributed by atoms with Crippen molar-refractivity contribution in [3.63, 3.8) is 0 Å². The summed E-state index contributed by atoms with van der Waals surface area (Å²) >= 11 is 0. The molecule has 6 nitrogen and oxygen atoms in total. The summed E-state index contributed by atoms with van der Waals surface area (Å²) in [7, 11) is 1.56. The van der Waals surface area contributed by atoms with Gasteiger partial charge in [-0.25, -0.2) is 0 Å². The normalized spacial score (nSPS) is 17.6. The number of hydrogen-bond acceptors (Lipinski definition) is 5. The topological polar surface area (TPSA) is 79.7 Å². The van der Waals surface area contributed by atoms with E-state index in [4.69, 9.17) is 4.74 Å². The number of para-hydroxylation sites is 1. The number of nitrogens with zero attached hydrogens (tertiary/aromatic N) is 2. The average Bonchev–Trinajstić information content (AvgIpc) is 3.06. The molecule has 2 aromatic carbocycles. The average molecular weight is 428 g/mol. The van der Waals surface area contributed by atoms with Crippen LogP contribution in [0.1, 0.15) is 33.9 Å². The summed E-state index contributed by atoms with van der Waals surface area (Å²) in [6.45, 7) is 3.92. The van der Waals surface area contributed by atoms with Gasteiger partial charge < -0.3 is 14.7 Å². The highest BCUT2D eigenvalue weighted by atomic mass is 16.5. The number of aromatic nitrogens is 1. The Morgan fingerprint density at radius 2 is 1.88 bits per heavy atom. The van der Waals surface area contributed by atoms with Crippen molar-refractivity contribution < 1.29 is 19.4 Å². The summed E-state index contributed by atoms with van der Waals surface area (Å²) in [6.07, 6.45) is 3.24. The van der Waals surface area contributed by atoms with E-state index in [1.54, 1.807) is 37.7 Å². The van der Waals surface area contributed by atoms with Crippen molar-refractivity contribution in [3.05, 3.63) is 100 Å². The minimum absolute atomic E-state index is 0.0617. The highest BCUT2D eigenvalue weighted by Gasteiger charge is 2.46. The fraction of sp³-hybridized carbons (Fsp3) is 0.192. The van der Waals surface area contributed by atoms with Gasteiger partial charge in [0.15, 0.2) is 0 Å². The Morgan fingerprint density at radius 1 is 1.09 bits per heavy atom. The van der Waals surface area contributed by atoms with Crippen LogP contribution in [-0.2, 0) is 16.1 Å². The second kappa shape index (κ2) is 8.67. The number of carbonyl (C=O) groups excluding carboxylic acids is 2. The Labute approximate surface area is 186 Å². The van der Waals surface area contributed by atoms with Crippen LogP contribution >= 0.6 is 0 Å². The number of likely N-dealkylation sites (tertiary alicyclic amines) is 1. The maximum absolute atomic E-state index is 13.2. The summed E-state index contributed by atoms with van der Waals surface area (Å²) in [5.74, 6) is -0.946. The first-order valence-electron chi connectivity index (χ1n) is 10.3. The molecular formula is C26H24N2O4. The lowest BCUT2D eigenvalue weighted by Gasteiger charge is -2.26. The van der Waals surface area contributed by atoms with Gasteiger partial charge in [-0.3, -0.25) is 14.6 Å². The molecule has 1 aliphatic rings. The third kappa shape index (κ3) is 3.75. The van der Waals surface area contributed by atoms with Crippen molar-refractivity contribution in [3.8, 4) is 5.75 Å². The van der Waals surface area contributed by atoms with E-state index in [2.05, 4.69) is 4.98 Å². The van der Waals surface area contributed by atoms with E-state index in [0.717, 1.165) is 16.7 Å². The highest BCUT2D eigenvalue weighted by molar-refractivity contribution is 6.46. The van der Waals surface area contributed by atoms with Crippen LogP contribution in [0.25, 0.3) is 5.76 Å². The van der Waals surface area contributed by atoms with Crippen LogP contribution in [0, 0.1) is 13.8 Å². The van der Waals surface area contributed by atoms with Gasteiger partial charge in [-0.15, -0.1) is 0 Å². The van der Waals surface area contributed by atoms with Crippen molar-refractivity contribution in [2.24, 2.45) is 0 Å². The molecule has 0 aliphatic carbocycles. The molecule has 1 atom stereocenters. The number of Topliss-reactive ketones (excluding diaryl/α,β-unsaturated/α-hetero) is 1. The molecule has 1 N–H and O–H groups in total. The van der Waals surface area contributed by atoms with Crippen molar-refractivity contribution in [1.29, 1.82) is 0 Å². The largest absolute Gasteiger partial charge is 0.507 e. The molecule has 0 saturated carbocycles. The molecule has 1 amide bonds. The van der Waals surface area contributed by atoms with Gasteiger partial charge in [0.2, 0.25) is 0 Å². The predicted molar refractivity (Wildman–Crippen MR) is 121 cm³/mol. The molecular weight excluding hydrogens is 404 g/mol. The molecule has 6 heteroatoms.